The smallest absolute Gasteiger partial charge is 0.249 e. The molecular formula is C8H13N3O2. The van der Waals surface area contributed by atoms with Gasteiger partial charge in [-0.1, -0.05) is 6.92 Å². The average molecular weight is 183 g/mol. The third-order valence-corrected chi connectivity index (χ3v) is 2.07. The molecule has 0 saturated carbocycles. The van der Waals surface area contributed by atoms with Crippen molar-refractivity contribution >= 4 is 17.6 Å². The first-order chi connectivity index (χ1) is 6.06. The lowest BCUT2D eigenvalue weighted by Gasteiger charge is -2.34. The summed E-state index contributed by atoms with van der Waals surface area (Å²) in [7, 11) is 0. The topological polar surface area (TPSA) is 73.3 Å². The van der Waals surface area contributed by atoms with Crippen LogP contribution in [0.2, 0.25) is 0 Å². The second kappa shape index (κ2) is 3.55. The Morgan fingerprint density at radius 3 is 2.77 bits per heavy atom. The third-order valence-electron chi connectivity index (χ3n) is 2.07. The van der Waals surface area contributed by atoms with E-state index in [1.54, 1.807) is 6.92 Å². The molecular weight excluding hydrogens is 170 g/mol. The number of imide groups is 1. The van der Waals surface area contributed by atoms with E-state index in [1.165, 1.54) is 4.90 Å². The van der Waals surface area contributed by atoms with Crippen LogP contribution >= 0.6 is 0 Å². The third kappa shape index (κ3) is 1.85. The molecule has 1 rings (SSSR count). The van der Waals surface area contributed by atoms with E-state index >= 15 is 0 Å². The Morgan fingerprint density at radius 1 is 1.69 bits per heavy atom. The van der Waals surface area contributed by atoms with E-state index in [0.717, 1.165) is 0 Å². The van der Waals surface area contributed by atoms with Crippen LogP contribution in [0.4, 0.5) is 0 Å². The fourth-order valence-electron chi connectivity index (χ4n) is 1.42. The predicted molar refractivity (Wildman–Crippen MR) is 47.3 cm³/mol. The summed E-state index contributed by atoms with van der Waals surface area (Å²) >= 11 is 0. The van der Waals surface area contributed by atoms with Crippen LogP contribution in [0.3, 0.4) is 0 Å². The highest BCUT2D eigenvalue weighted by molar-refractivity contribution is 6.04. The number of carbonyl (C=O) groups is 2. The van der Waals surface area contributed by atoms with Crippen molar-refractivity contribution in [1.29, 1.82) is 5.41 Å². The zero-order valence-corrected chi connectivity index (χ0v) is 7.76. The van der Waals surface area contributed by atoms with Crippen LogP contribution < -0.4 is 5.32 Å². The van der Waals surface area contributed by atoms with Crippen LogP contribution in [0.1, 0.15) is 20.3 Å². The molecule has 1 aliphatic heterocycles. The van der Waals surface area contributed by atoms with Crippen LogP contribution in [0.25, 0.3) is 0 Å². The number of amides is 2. The Kier molecular flexibility index (Phi) is 2.65. The summed E-state index contributed by atoms with van der Waals surface area (Å²) < 4.78 is 0. The van der Waals surface area contributed by atoms with Gasteiger partial charge in [0.15, 0.2) is 0 Å². The standard InChI is InChI=1S/C8H13N3O2/c1-3-6-8(13)10-7(12)4-11(6)5(2)9/h6,9H,3-4H2,1-2H3,(H,10,12,13). The Morgan fingerprint density at radius 2 is 2.31 bits per heavy atom. The van der Waals surface area contributed by atoms with Crippen LogP contribution in [0.5, 0.6) is 0 Å². The minimum absolute atomic E-state index is 0.111. The van der Waals surface area contributed by atoms with Crippen molar-refractivity contribution in [3.8, 4) is 0 Å². The second-order valence-electron chi connectivity index (χ2n) is 3.05. The highest BCUT2D eigenvalue weighted by atomic mass is 16.2. The molecule has 5 nitrogen and oxygen atoms in total. The van der Waals surface area contributed by atoms with Crippen molar-refractivity contribution in [2.24, 2.45) is 0 Å². The molecule has 72 valence electrons. The van der Waals surface area contributed by atoms with Crippen LogP contribution in [-0.2, 0) is 9.59 Å². The first-order valence-electron chi connectivity index (χ1n) is 4.21. The molecule has 0 spiro atoms. The maximum Gasteiger partial charge on any atom is 0.249 e. The number of rotatable bonds is 1. The van der Waals surface area contributed by atoms with E-state index in [1.807, 2.05) is 6.92 Å². The number of carbonyl (C=O) groups excluding carboxylic acids is 2. The van der Waals surface area contributed by atoms with Crippen LogP contribution in [0.15, 0.2) is 0 Å². The van der Waals surface area contributed by atoms with E-state index in [2.05, 4.69) is 5.32 Å². The largest absolute Gasteiger partial charge is 0.339 e. The molecule has 5 heteroatoms. The molecule has 13 heavy (non-hydrogen) atoms. The lowest BCUT2D eigenvalue weighted by Crippen LogP contribution is -2.58. The molecule has 2 N–H and O–H groups in total. The zero-order chi connectivity index (χ0) is 10.0. The molecule has 2 amide bonds. The first kappa shape index (κ1) is 9.70. The van der Waals surface area contributed by atoms with E-state index in [0.29, 0.717) is 6.42 Å². The number of nitrogens with one attached hydrogen (secondary N) is 2. The molecule has 1 heterocycles. The van der Waals surface area contributed by atoms with Gasteiger partial charge in [-0.05, 0) is 13.3 Å². The maximum atomic E-state index is 11.3. The Balaban J connectivity index is 2.83. The van der Waals surface area contributed by atoms with Crippen molar-refractivity contribution in [3.63, 3.8) is 0 Å². The van der Waals surface area contributed by atoms with E-state index in [-0.39, 0.29) is 30.2 Å². The summed E-state index contributed by atoms with van der Waals surface area (Å²) in [6, 6.07) is -0.366. The Labute approximate surface area is 76.6 Å². The van der Waals surface area contributed by atoms with Gasteiger partial charge in [0.1, 0.15) is 6.04 Å². The van der Waals surface area contributed by atoms with Gasteiger partial charge in [-0.3, -0.25) is 20.3 Å². The van der Waals surface area contributed by atoms with Gasteiger partial charge in [0.25, 0.3) is 0 Å². The lowest BCUT2D eigenvalue weighted by atomic mass is 10.1. The summed E-state index contributed by atoms with van der Waals surface area (Å²) in [5, 5.41) is 9.65. The highest BCUT2D eigenvalue weighted by Gasteiger charge is 2.32. The SMILES string of the molecule is CCC1C(=O)NC(=O)CN1C(C)=N. The molecule has 1 aliphatic rings. The van der Waals surface area contributed by atoms with Crippen molar-refractivity contribution in [2.45, 2.75) is 26.3 Å². The average Bonchev–Trinajstić information content (AvgIpc) is 2.02. The normalized spacial score (nSPS) is 22.9. The molecule has 0 aliphatic carbocycles. The van der Waals surface area contributed by atoms with Crippen molar-refractivity contribution in [2.75, 3.05) is 6.54 Å². The van der Waals surface area contributed by atoms with Crippen molar-refractivity contribution in [1.82, 2.24) is 10.2 Å². The zero-order valence-electron chi connectivity index (χ0n) is 7.76. The van der Waals surface area contributed by atoms with Gasteiger partial charge in [-0.15, -0.1) is 0 Å². The van der Waals surface area contributed by atoms with Gasteiger partial charge in [-0.25, -0.2) is 0 Å². The fraction of sp³-hybridized carbons (Fsp3) is 0.625. The molecule has 0 aromatic heterocycles. The van der Waals surface area contributed by atoms with E-state index < -0.39 is 0 Å². The molecule has 0 radical (unpaired) electrons. The molecule has 1 atom stereocenters. The molecule has 0 aromatic rings. The second-order valence-corrected chi connectivity index (χ2v) is 3.05. The number of hydrogen-bond donors (Lipinski definition) is 2. The lowest BCUT2D eigenvalue weighted by molar-refractivity contribution is -0.137. The minimum atomic E-state index is -0.366. The molecule has 0 bridgehead atoms. The summed E-state index contributed by atoms with van der Waals surface area (Å²) in [5.74, 6) is -0.373. The van der Waals surface area contributed by atoms with Crippen LogP contribution in [-0.4, -0.2) is 35.1 Å². The van der Waals surface area contributed by atoms with Gasteiger partial charge in [-0.2, -0.15) is 0 Å². The van der Waals surface area contributed by atoms with E-state index in [9.17, 15) is 9.59 Å². The number of nitrogens with zero attached hydrogens (tertiary/aromatic N) is 1. The first-order valence-corrected chi connectivity index (χ1v) is 4.21. The monoisotopic (exact) mass is 183 g/mol. The predicted octanol–water partition coefficient (Wildman–Crippen LogP) is -0.279. The highest BCUT2D eigenvalue weighted by Crippen LogP contribution is 2.08. The molecule has 0 aromatic carbocycles. The summed E-state index contributed by atoms with van der Waals surface area (Å²) in [6.45, 7) is 3.55. The summed E-state index contributed by atoms with van der Waals surface area (Å²) in [5.41, 5.74) is 0. The maximum absolute atomic E-state index is 11.3. The van der Waals surface area contributed by atoms with Gasteiger partial charge < -0.3 is 4.90 Å². The van der Waals surface area contributed by atoms with Gasteiger partial charge in [0, 0.05) is 0 Å². The molecule has 1 saturated heterocycles. The van der Waals surface area contributed by atoms with Gasteiger partial charge >= 0.3 is 0 Å². The number of piperazine rings is 1. The fourth-order valence-corrected chi connectivity index (χ4v) is 1.42. The molecule has 1 unspecified atom stereocenters. The van der Waals surface area contributed by atoms with Crippen molar-refractivity contribution < 1.29 is 9.59 Å². The van der Waals surface area contributed by atoms with E-state index in [4.69, 9.17) is 5.41 Å². The minimum Gasteiger partial charge on any atom is -0.339 e. The Hall–Kier alpha value is -1.39. The molecule has 1 fully saturated rings. The number of amidine groups is 1. The summed E-state index contributed by atoms with van der Waals surface area (Å²) in [4.78, 5) is 23.8. The summed E-state index contributed by atoms with van der Waals surface area (Å²) in [6.07, 6.45) is 0.606. The quantitative estimate of drug-likeness (QED) is 0.333. The van der Waals surface area contributed by atoms with Crippen LogP contribution in [0, 0.1) is 5.41 Å². The Bertz CT molecular complexity index is 262. The number of hydrogen-bond acceptors (Lipinski definition) is 3. The van der Waals surface area contributed by atoms with Gasteiger partial charge in [0.05, 0.1) is 12.4 Å². The van der Waals surface area contributed by atoms with Crippen molar-refractivity contribution in [3.05, 3.63) is 0 Å². The van der Waals surface area contributed by atoms with Gasteiger partial charge in [0.2, 0.25) is 11.8 Å².